The summed E-state index contributed by atoms with van der Waals surface area (Å²) < 4.78 is 31.8. The maximum Gasteiger partial charge on any atom is 0.126 e. The largest absolute Gasteiger partial charge is 0.381 e. The van der Waals surface area contributed by atoms with E-state index in [-0.39, 0.29) is 6.04 Å². The highest BCUT2D eigenvalue weighted by atomic mass is 19.1. The van der Waals surface area contributed by atoms with Crippen LogP contribution in [0.4, 0.5) is 8.78 Å². The first kappa shape index (κ1) is 15.1. The molecule has 0 spiro atoms. The highest BCUT2D eigenvalue weighted by Crippen LogP contribution is 2.19. The zero-order valence-corrected chi connectivity index (χ0v) is 11.0. The molecule has 1 rings (SSSR count). The third kappa shape index (κ3) is 5.10. The minimum absolute atomic E-state index is 0.0722. The molecule has 0 aliphatic carbocycles. The van der Waals surface area contributed by atoms with Gasteiger partial charge in [-0.05, 0) is 37.1 Å². The molecule has 0 aliphatic rings. The van der Waals surface area contributed by atoms with E-state index < -0.39 is 11.6 Å². The molecule has 0 amide bonds. The molecule has 0 radical (unpaired) electrons. The molecule has 0 fully saturated rings. The summed E-state index contributed by atoms with van der Waals surface area (Å²) in [6.45, 7) is 6.07. The Bertz CT molecular complexity index is 337. The number of hydrogen-bond acceptors (Lipinski definition) is 2. The second-order valence-electron chi connectivity index (χ2n) is 4.21. The van der Waals surface area contributed by atoms with E-state index in [2.05, 4.69) is 5.32 Å². The van der Waals surface area contributed by atoms with Gasteiger partial charge in [0.15, 0.2) is 0 Å². The molecule has 1 aromatic rings. The van der Waals surface area contributed by atoms with Crippen LogP contribution >= 0.6 is 0 Å². The van der Waals surface area contributed by atoms with Crippen molar-refractivity contribution in [3.8, 4) is 0 Å². The van der Waals surface area contributed by atoms with Gasteiger partial charge in [-0.25, -0.2) is 8.78 Å². The summed E-state index contributed by atoms with van der Waals surface area (Å²) in [4.78, 5) is 0. The summed E-state index contributed by atoms with van der Waals surface area (Å²) in [6, 6.07) is 3.56. The number of nitrogens with one attached hydrogen (secondary N) is 1. The Morgan fingerprint density at radius 2 is 1.78 bits per heavy atom. The number of ether oxygens (including phenoxy) is 1. The summed E-state index contributed by atoms with van der Waals surface area (Å²) in [5.41, 5.74) is 0.634. The molecule has 0 aliphatic heterocycles. The molecule has 1 atom stereocenters. The summed E-state index contributed by atoms with van der Waals surface area (Å²) >= 11 is 0. The lowest BCUT2D eigenvalue weighted by Crippen LogP contribution is -2.22. The molecular formula is C14H21F2NO. The average molecular weight is 257 g/mol. The van der Waals surface area contributed by atoms with E-state index in [0.717, 1.165) is 25.6 Å². The van der Waals surface area contributed by atoms with E-state index in [9.17, 15) is 8.78 Å². The molecule has 1 unspecified atom stereocenters. The smallest absolute Gasteiger partial charge is 0.126 e. The minimum atomic E-state index is -0.539. The van der Waals surface area contributed by atoms with Crippen LogP contribution in [0, 0.1) is 11.6 Å². The molecule has 1 aromatic carbocycles. The Kier molecular flexibility index (Phi) is 6.83. The fraction of sp³-hybridized carbons (Fsp3) is 0.571. The van der Waals surface area contributed by atoms with Crippen molar-refractivity contribution in [1.29, 1.82) is 0 Å². The van der Waals surface area contributed by atoms with E-state index in [1.54, 1.807) is 0 Å². The van der Waals surface area contributed by atoms with E-state index in [4.69, 9.17) is 4.74 Å². The normalized spacial score (nSPS) is 12.7. The standard InChI is InChI=1S/C14H21F2NO/c1-3-6-18-7-5-14(17-4-2)11-8-12(15)10-13(16)9-11/h8-10,14,17H,3-7H2,1-2H3. The maximum absolute atomic E-state index is 13.2. The van der Waals surface area contributed by atoms with E-state index in [1.165, 1.54) is 12.1 Å². The quantitative estimate of drug-likeness (QED) is 0.720. The molecule has 0 saturated carbocycles. The van der Waals surface area contributed by atoms with Crippen molar-refractivity contribution in [2.24, 2.45) is 0 Å². The third-order valence-corrected chi connectivity index (χ3v) is 2.64. The van der Waals surface area contributed by atoms with Crippen LogP contribution in [0.5, 0.6) is 0 Å². The van der Waals surface area contributed by atoms with E-state index in [0.29, 0.717) is 18.6 Å². The average Bonchev–Trinajstić information content (AvgIpc) is 2.32. The van der Waals surface area contributed by atoms with E-state index in [1.807, 2.05) is 13.8 Å². The zero-order chi connectivity index (χ0) is 13.4. The van der Waals surface area contributed by atoms with Gasteiger partial charge in [0.25, 0.3) is 0 Å². The lowest BCUT2D eigenvalue weighted by atomic mass is 10.0. The van der Waals surface area contributed by atoms with Crippen LogP contribution in [0.25, 0.3) is 0 Å². The van der Waals surface area contributed by atoms with Gasteiger partial charge in [0.05, 0.1) is 0 Å². The highest BCUT2D eigenvalue weighted by molar-refractivity contribution is 5.21. The molecular weight excluding hydrogens is 236 g/mol. The van der Waals surface area contributed by atoms with Gasteiger partial charge in [-0.2, -0.15) is 0 Å². The van der Waals surface area contributed by atoms with Crippen LogP contribution in [0.3, 0.4) is 0 Å². The first-order chi connectivity index (χ1) is 8.67. The second-order valence-corrected chi connectivity index (χ2v) is 4.21. The highest BCUT2D eigenvalue weighted by Gasteiger charge is 2.12. The van der Waals surface area contributed by atoms with E-state index >= 15 is 0 Å². The molecule has 102 valence electrons. The molecule has 1 N–H and O–H groups in total. The predicted molar refractivity (Wildman–Crippen MR) is 68.5 cm³/mol. The Hall–Kier alpha value is -1.00. The second kappa shape index (κ2) is 8.16. The Morgan fingerprint density at radius 3 is 2.33 bits per heavy atom. The van der Waals surface area contributed by atoms with Gasteiger partial charge in [-0.3, -0.25) is 0 Å². The summed E-state index contributed by atoms with van der Waals surface area (Å²) in [6.07, 6.45) is 1.68. The fourth-order valence-corrected chi connectivity index (χ4v) is 1.86. The summed E-state index contributed by atoms with van der Waals surface area (Å²) in [5.74, 6) is -1.08. The first-order valence-corrected chi connectivity index (χ1v) is 6.44. The van der Waals surface area contributed by atoms with Gasteiger partial charge in [-0.15, -0.1) is 0 Å². The van der Waals surface area contributed by atoms with Crippen LogP contribution in [0.1, 0.15) is 38.3 Å². The molecule has 0 saturated heterocycles. The van der Waals surface area contributed by atoms with Gasteiger partial charge < -0.3 is 10.1 Å². The van der Waals surface area contributed by atoms with Gasteiger partial charge >= 0.3 is 0 Å². The van der Waals surface area contributed by atoms with Gasteiger partial charge in [0.1, 0.15) is 11.6 Å². The lowest BCUT2D eigenvalue weighted by Gasteiger charge is -2.18. The van der Waals surface area contributed by atoms with Crippen LogP contribution < -0.4 is 5.32 Å². The SMILES string of the molecule is CCCOCCC(NCC)c1cc(F)cc(F)c1. The van der Waals surface area contributed by atoms with Crippen molar-refractivity contribution in [3.63, 3.8) is 0 Å². The van der Waals surface area contributed by atoms with Gasteiger partial charge in [0, 0.05) is 25.3 Å². The first-order valence-electron chi connectivity index (χ1n) is 6.44. The van der Waals surface area contributed by atoms with Crippen molar-refractivity contribution in [2.45, 2.75) is 32.7 Å². The topological polar surface area (TPSA) is 21.3 Å². The van der Waals surface area contributed by atoms with Crippen LogP contribution in [-0.4, -0.2) is 19.8 Å². The molecule has 2 nitrogen and oxygen atoms in total. The van der Waals surface area contributed by atoms with Crippen LogP contribution in [0.15, 0.2) is 18.2 Å². The number of halogens is 2. The van der Waals surface area contributed by atoms with Gasteiger partial charge in [-0.1, -0.05) is 13.8 Å². The zero-order valence-electron chi connectivity index (χ0n) is 11.0. The molecule has 0 aromatic heterocycles. The summed E-state index contributed by atoms with van der Waals surface area (Å²) in [7, 11) is 0. The molecule has 0 heterocycles. The Labute approximate surface area is 107 Å². The third-order valence-electron chi connectivity index (χ3n) is 2.64. The van der Waals surface area contributed by atoms with Crippen molar-refractivity contribution < 1.29 is 13.5 Å². The number of benzene rings is 1. The van der Waals surface area contributed by atoms with Crippen molar-refractivity contribution in [2.75, 3.05) is 19.8 Å². The lowest BCUT2D eigenvalue weighted by molar-refractivity contribution is 0.124. The number of hydrogen-bond donors (Lipinski definition) is 1. The number of rotatable bonds is 8. The monoisotopic (exact) mass is 257 g/mol. The molecule has 4 heteroatoms. The van der Waals surface area contributed by atoms with Crippen LogP contribution in [0.2, 0.25) is 0 Å². The van der Waals surface area contributed by atoms with Gasteiger partial charge in [0.2, 0.25) is 0 Å². The predicted octanol–water partition coefficient (Wildman–Crippen LogP) is 3.43. The summed E-state index contributed by atoms with van der Waals surface area (Å²) in [5, 5.41) is 3.22. The minimum Gasteiger partial charge on any atom is -0.381 e. The van der Waals surface area contributed by atoms with Crippen molar-refractivity contribution >= 4 is 0 Å². The molecule has 18 heavy (non-hydrogen) atoms. The Morgan fingerprint density at radius 1 is 1.11 bits per heavy atom. The van der Waals surface area contributed by atoms with Crippen molar-refractivity contribution in [1.82, 2.24) is 5.32 Å². The Balaban J connectivity index is 2.64. The van der Waals surface area contributed by atoms with Crippen molar-refractivity contribution in [3.05, 3.63) is 35.4 Å². The molecule has 0 bridgehead atoms. The fourth-order valence-electron chi connectivity index (χ4n) is 1.86. The maximum atomic E-state index is 13.2. The van der Waals surface area contributed by atoms with Crippen LogP contribution in [-0.2, 0) is 4.74 Å².